The van der Waals surface area contributed by atoms with Gasteiger partial charge in [-0.3, -0.25) is 9.59 Å². The number of aromatic amines is 1. The van der Waals surface area contributed by atoms with Gasteiger partial charge < -0.3 is 16.5 Å². The molecule has 0 aliphatic heterocycles. The number of rotatable bonds is 6. The van der Waals surface area contributed by atoms with Gasteiger partial charge in [0.25, 0.3) is 0 Å². The number of guanidine groups is 1. The zero-order chi connectivity index (χ0) is 20.3. The molecule has 5 N–H and O–H groups in total. The Morgan fingerprint density at radius 2 is 1.61 bits per heavy atom. The Labute approximate surface area is 162 Å². The molecular formula is C21H21N5O2. The molecule has 0 radical (unpaired) electrons. The fourth-order valence-corrected chi connectivity index (χ4v) is 2.84. The maximum atomic E-state index is 12.6. The van der Waals surface area contributed by atoms with Gasteiger partial charge in [-0.2, -0.15) is 5.10 Å². The number of aromatic nitrogens is 1. The number of hydrogen-bond donors (Lipinski definition) is 3. The summed E-state index contributed by atoms with van der Waals surface area (Å²) in [5.74, 6) is -0.135. The van der Waals surface area contributed by atoms with Crippen molar-refractivity contribution < 1.29 is 9.59 Å². The molecule has 0 unspecified atom stereocenters. The molecule has 0 fully saturated rings. The van der Waals surface area contributed by atoms with Crippen LogP contribution in [-0.2, 0) is 6.42 Å². The highest BCUT2D eigenvalue weighted by Crippen LogP contribution is 2.19. The van der Waals surface area contributed by atoms with Crippen molar-refractivity contribution in [3.8, 4) is 0 Å². The third-order valence-electron chi connectivity index (χ3n) is 4.38. The van der Waals surface area contributed by atoms with Gasteiger partial charge in [-0.25, -0.2) is 0 Å². The van der Waals surface area contributed by atoms with Crippen LogP contribution in [0.3, 0.4) is 0 Å². The number of nitrogens with two attached hydrogens (primary N) is 2. The zero-order valence-electron chi connectivity index (χ0n) is 15.7. The number of nitrogens with one attached hydrogen (secondary N) is 1. The Hall–Kier alpha value is -3.74. The Bertz CT molecular complexity index is 1100. The van der Waals surface area contributed by atoms with Gasteiger partial charge in [0.2, 0.25) is 5.96 Å². The number of ketones is 2. The minimum Gasteiger partial charge on any atom is -0.369 e. The first kappa shape index (κ1) is 19.0. The van der Waals surface area contributed by atoms with Gasteiger partial charge in [-0.15, -0.1) is 5.10 Å². The minimum absolute atomic E-state index is 0.00487. The highest BCUT2D eigenvalue weighted by atomic mass is 16.1. The lowest BCUT2D eigenvalue weighted by Crippen LogP contribution is -2.22. The summed E-state index contributed by atoms with van der Waals surface area (Å²) in [6.07, 6.45) is 0.261. The summed E-state index contributed by atoms with van der Waals surface area (Å²) in [7, 11) is 0. The number of benzene rings is 2. The van der Waals surface area contributed by atoms with Crippen molar-refractivity contribution in [2.24, 2.45) is 21.7 Å². The Kier molecular flexibility index (Phi) is 5.35. The first-order valence-corrected chi connectivity index (χ1v) is 8.73. The lowest BCUT2D eigenvalue weighted by atomic mass is 10.0. The highest BCUT2D eigenvalue weighted by Gasteiger charge is 2.12. The van der Waals surface area contributed by atoms with Crippen LogP contribution >= 0.6 is 0 Å². The maximum Gasteiger partial charge on any atom is 0.211 e. The summed E-state index contributed by atoms with van der Waals surface area (Å²) >= 11 is 0. The summed E-state index contributed by atoms with van der Waals surface area (Å²) in [6.45, 7) is 3.32. The molecule has 0 amide bonds. The van der Waals surface area contributed by atoms with Crippen LogP contribution in [0.4, 0.5) is 0 Å². The Balaban J connectivity index is 1.76. The molecule has 0 saturated heterocycles. The third kappa shape index (κ3) is 4.32. The molecule has 0 bridgehead atoms. The van der Waals surface area contributed by atoms with Gasteiger partial charge in [0.15, 0.2) is 11.6 Å². The molecule has 1 aromatic heterocycles. The number of carbonyl (C=O) groups is 2. The summed E-state index contributed by atoms with van der Waals surface area (Å²) in [5, 5.41) is 8.41. The molecule has 0 saturated carbocycles. The molecule has 142 valence electrons. The van der Waals surface area contributed by atoms with Crippen LogP contribution < -0.4 is 11.5 Å². The largest absolute Gasteiger partial charge is 0.369 e. The third-order valence-corrected chi connectivity index (χ3v) is 4.38. The van der Waals surface area contributed by atoms with Gasteiger partial charge in [0.05, 0.1) is 11.4 Å². The second kappa shape index (κ2) is 7.87. The van der Waals surface area contributed by atoms with E-state index < -0.39 is 0 Å². The Morgan fingerprint density at radius 1 is 0.929 bits per heavy atom. The van der Waals surface area contributed by atoms with Gasteiger partial charge in [0.1, 0.15) is 0 Å². The normalized spacial score (nSPS) is 11.4. The van der Waals surface area contributed by atoms with E-state index in [0.717, 1.165) is 22.0 Å². The van der Waals surface area contributed by atoms with Crippen molar-refractivity contribution >= 4 is 34.1 Å². The van der Waals surface area contributed by atoms with Crippen LogP contribution in [0, 0.1) is 0 Å². The van der Waals surface area contributed by atoms with Crippen molar-refractivity contribution in [1.29, 1.82) is 0 Å². The van der Waals surface area contributed by atoms with Crippen molar-refractivity contribution in [1.82, 2.24) is 4.98 Å². The molecule has 3 rings (SSSR count). The number of H-pyrrole nitrogens is 1. The fraction of sp³-hybridized carbons (Fsp3) is 0.143. The monoisotopic (exact) mass is 375 g/mol. The molecular weight excluding hydrogens is 354 g/mol. The minimum atomic E-state index is -0.102. The number of hydrogen-bond acceptors (Lipinski definition) is 4. The average Bonchev–Trinajstić information content (AvgIpc) is 3.10. The average molecular weight is 375 g/mol. The molecule has 1 heterocycles. The topological polar surface area (TPSA) is 127 Å². The van der Waals surface area contributed by atoms with Crippen LogP contribution in [0.2, 0.25) is 0 Å². The molecule has 0 aliphatic rings. The van der Waals surface area contributed by atoms with E-state index in [1.54, 1.807) is 25.1 Å². The SMILES string of the molecule is CC(=O)c1ccc2[nH]c(C(=O)Cc3ccc(/C(C)=N/N=C(N)N)cc3)cc2c1. The second-order valence-corrected chi connectivity index (χ2v) is 6.55. The first-order chi connectivity index (χ1) is 13.3. The van der Waals surface area contributed by atoms with Crippen LogP contribution in [0.5, 0.6) is 0 Å². The lowest BCUT2D eigenvalue weighted by molar-refractivity contribution is 0.0986. The zero-order valence-corrected chi connectivity index (χ0v) is 15.7. The van der Waals surface area contributed by atoms with E-state index in [1.807, 2.05) is 30.3 Å². The predicted octanol–water partition coefficient (Wildman–Crippen LogP) is 2.79. The van der Waals surface area contributed by atoms with E-state index in [4.69, 9.17) is 11.5 Å². The summed E-state index contributed by atoms with van der Waals surface area (Å²) < 4.78 is 0. The lowest BCUT2D eigenvalue weighted by Gasteiger charge is -2.03. The molecule has 0 spiro atoms. The molecule has 3 aromatic rings. The number of fused-ring (bicyclic) bond motifs is 1. The van der Waals surface area contributed by atoms with Crippen LogP contribution in [0.1, 0.15) is 45.8 Å². The van der Waals surface area contributed by atoms with Gasteiger partial charge >= 0.3 is 0 Å². The molecule has 7 nitrogen and oxygen atoms in total. The highest BCUT2D eigenvalue weighted by molar-refractivity contribution is 6.03. The summed E-state index contributed by atoms with van der Waals surface area (Å²) in [4.78, 5) is 27.3. The van der Waals surface area contributed by atoms with E-state index in [0.29, 0.717) is 17.0 Å². The van der Waals surface area contributed by atoms with E-state index in [-0.39, 0.29) is 23.9 Å². The van der Waals surface area contributed by atoms with Gasteiger partial charge in [-0.05, 0) is 49.2 Å². The van der Waals surface area contributed by atoms with Crippen LogP contribution in [0.15, 0.2) is 58.7 Å². The molecule has 7 heteroatoms. The first-order valence-electron chi connectivity index (χ1n) is 8.73. The number of nitrogens with zero attached hydrogens (tertiary/aromatic N) is 2. The fourth-order valence-electron chi connectivity index (χ4n) is 2.84. The second-order valence-electron chi connectivity index (χ2n) is 6.55. The molecule has 2 aromatic carbocycles. The predicted molar refractivity (Wildman–Crippen MR) is 111 cm³/mol. The molecule has 0 aliphatic carbocycles. The maximum absolute atomic E-state index is 12.6. The van der Waals surface area contributed by atoms with E-state index >= 15 is 0 Å². The molecule has 28 heavy (non-hydrogen) atoms. The van der Waals surface area contributed by atoms with Crippen molar-refractivity contribution in [2.45, 2.75) is 20.3 Å². The van der Waals surface area contributed by atoms with Crippen molar-refractivity contribution in [3.63, 3.8) is 0 Å². The quantitative estimate of drug-likeness (QED) is 0.265. The number of Topliss-reactive ketones (excluding diaryl/α,β-unsaturated/α-hetero) is 2. The summed E-state index contributed by atoms with van der Waals surface area (Å²) in [6, 6.07) is 14.6. The van der Waals surface area contributed by atoms with Gasteiger partial charge in [-0.1, -0.05) is 24.3 Å². The van der Waals surface area contributed by atoms with E-state index in [2.05, 4.69) is 15.2 Å². The molecule has 0 atom stereocenters. The van der Waals surface area contributed by atoms with E-state index in [1.165, 1.54) is 6.92 Å². The smallest absolute Gasteiger partial charge is 0.211 e. The standard InChI is InChI=1S/C21H21N5O2/c1-12(25-26-21(22)23)15-5-3-14(4-6-15)9-20(28)19-11-17-10-16(13(2)27)7-8-18(17)24-19/h3-8,10-11,24H,9H2,1-2H3,(H4,22,23,26)/b25-12+. The summed E-state index contributed by atoms with van der Waals surface area (Å²) in [5.41, 5.74) is 14.9. The Morgan fingerprint density at radius 3 is 2.25 bits per heavy atom. The van der Waals surface area contributed by atoms with E-state index in [9.17, 15) is 9.59 Å². The van der Waals surface area contributed by atoms with Crippen molar-refractivity contribution in [3.05, 3.63) is 70.9 Å². The van der Waals surface area contributed by atoms with Crippen molar-refractivity contribution in [2.75, 3.05) is 0 Å². The number of carbonyl (C=O) groups excluding carboxylic acids is 2. The van der Waals surface area contributed by atoms with Crippen LogP contribution in [0.25, 0.3) is 10.9 Å². The van der Waals surface area contributed by atoms with Crippen LogP contribution in [-0.4, -0.2) is 28.2 Å². The van der Waals surface area contributed by atoms with Gasteiger partial charge in [0, 0.05) is 22.9 Å².